The number of hydrogen-bond donors (Lipinski definition) is 4. The van der Waals surface area contributed by atoms with Crippen molar-refractivity contribution in [2.45, 2.75) is 68.6 Å². The highest BCUT2D eigenvalue weighted by Gasteiger charge is 2.54. The molecule has 5 atom stereocenters. The Labute approximate surface area is 177 Å². The summed E-state index contributed by atoms with van der Waals surface area (Å²) in [5, 5.41) is 26.8. The van der Waals surface area contributed by atoms with Gasteiger partial charge < -0.3 is 25.7 Å². The molecule has 3 aliphatic rings. The maximum Gasteiger partial charge on any atom is 0.416 e. The third-order valence-electron chi connectivity index (χ3n) is 6.33. The predicted molar refractivity (Wildman–Crippen MR) is 108 cm³/mol. The topological polar surface area (TPSA) is 84.8 Å². The Balaban J connectivity index is 1.67. The van der Waals surface area contributed by atoms with Crippen molar-refractivity contribution < 1.29 is 28.2 Å². The van der Waals surface area contributed by atoms with Crippen molar-refractivity contribution in [1.82, 2.24) is 10.6 Å². The van der Waals surface area contributed by atoms with E-state index in [1.807, 2.05) is 0 Å². The van der Waals surface area contributed by atoms with Crippen LogP contribution < -0.4 is 15.5 Å². The first-order valence-electron chi connectivity index (χ1n) is 10.1. The van der Waals surface area contributed by atoms with Crippen LogP contribution in [0.25, 0.3) is 0 Å². The number of thiocarbonyl (C=S) groups is 1. The molecule has 0 spiro atoms. The number of nitrogens with one attached hydrogen (secondary N) is 2. The van der Waals surface area contributed by atoms with Crippen molar-refractivity contribution in [3.8, 4) is 0 Å². The van der Waals surface area contributed by atoms with Gasteiger partial charge in [-0.1, -0.05) is 18.9 Å². The van der Waals surface area contributed by atoms with Gasteiger partial charge in [0.15, 0.2) is 5.11 Å². The monoisotopic (exact) mass is 443 g/mol. The summed E-state index contributed by atoms with van der Waals surface area (Å²) in [5.41, 5.74) is -0.633. The van der Waals surface area contributed by atoms with Gasteiger partial charge in [0.2, 0.25) is 5.91 Å². The molecule has 3 fully saturated rings. The van der Waals surface area contributed by atoms with Gasteiger partial charge in [0, 0.05) is 11.7 Å². The molecule has 1 amide bonds. The fourth-order valence-corrected chi connectivity index (χ4v) is 5.21. The van der Waals surface area contributed by atoms with E-state index in [1.165, 1.54) is 17.0 Å². The van der Waals surface area contributed by atoms with Gasteiger partial charge >= 0.3 is 6.18 Å². The van der Waals surface area contributed by atoms with Crippen LogP contribution in [0.4, 0.5) is 18.9 Å². The van der Waals surface area contributed by atoms with Gasteiger partial charge in [-0.2, -0.15) is 13.2 Å². The Bertz CT molecular complexity index is 831. The zero-order valence-corrected chi connectivity index (χ0v) is 16.9. The Morgan fingerprint density at radius 1 is 1.23 bits per heavy atom. The first-order valence-corrected chi connectivity index (χ1v) is 10.5. The maximum atomic E-state index is 13.2. The number of amides is 1. The summed E-state index contributed by atoms with van der Waals surface area (Å²) < 4.78 is 39.7. The molecule has 2 aliphatic carbocycles. The highest BCUT2D eigenvalue weighted by atomic mass is 32.1. The van der Waals surface area contributed by atoms with Gasteiger partial charge in [-0.3, -0.25) is 4.79 Å². The number of carbonyl (C=O) groups excluding carboxylic acids is 1. The lowest BCUT2D eigenvalue weighted by Gasteiger charge is -2.41. The molecule has 1 heterocycles. The molecule has 1 saturated heterocycles. The quantitative estimate of drug-likeness (QED) is 0.535. The van der Waals surface area contributed by atoms with E-state index >= 15 is 0 Å². The summed E-state index contributed by atoms with van der Waals surface area (Å²) in [6.45, 7) is 0. The lowest BCUT2D eigenvalue weighted by atomic mass is 9.77. The van der Waals surface area contributed by atoms with Crippen LogP contribution in [0.1, 0.15) is 37.7 Å². The molecule has 10 heteroatoms. The van der Waals surface area contributed by atoms with Gasteiger partial charge in [-0.15, -0.1) is 0 Å². The molecule has 0 aromatic heterocycles. The summed E-state index contributed by atoms with van der Waals surface area (Å²) >= 11 is 5.36. The van der Waals surface area contributed by atoms with Crippen LogP contribution in [0.2, 0.25) is 0 Å². The van der Waals surface area contributed by atoms with E-state index in [-0.39, 0.29) is 29.2 Å². The summed E-state index contributed by atoms with van der Waals surface area (Å²) in [4.78, 5) is 14.6. The van der Waals surface area contributed by atoms with Crippen LogP contribution in [-0.2, 0) is 11.0 Å². The Morgan fingerprint density at radius 3 is 2.60 bits per heavy atom. The highest BCUT2D eigenvalue weighted by Crippen LogP contribution is 2.39. The molecule has 1 aromatic carbocycles. The summed E-state index contributed by atoms with van der Waals surface area (Å²) in [6, 6.07) is 3.32. The Hall–Kier alpha value is -1.91. The molecule has 0 radical (unpaired) electrons. The van der Waals surface area contributed by atoms with E-state index in [1.54, 1.807) is 0 Å². The number of hydrogen-bond acceptors (Lipinski definition) is 4. The van der Waals surface area contributed by atoms with Gasteiger partial charge in [0.25, 0.3) is 0 Å². The van der Waals surface area contributed by atoms with Crippen molar-refractivity contribution in [1.29, 1.82) is 0 Å². The molecule has 30 heavy (non-hydrogen) atoms. The smallest absolute Gasteiger partial charge is 0.390 e. The average molecular weight is 443 g/mol. The van der Waals surface area contributed by atoms with Crippen molar-refractivity contribution in [2.24, 2.45) is 5.92 Å². The van der Waals surface area contributed by atoms with Crippen LogP contribution >= 0.6 is 12.2 Å². The minimum absolute atomic E-state index is 0.000636. The van der Waals surface area contributed by atoms with Gasteiger partial charge in [-0.05, 0) is 49.7 Å². The number of nitrogens with zero attached hydrogens (tertiary/aromatic N) is 1. The lowest BCUT2D eigenvalue weighted by molar-refractivity contribution is -0.137. The van der Waals surface area contributed by atoms with Gasteiger partial charge in [0.1, 0.15) is 6.10 Å². The second-order valence-electron chi connectivity index (χ2n) is 8.27. The number of anilines is 1. The zero-order chi connectivity index (χ0) is 21.6. The minimum Gasteiger partial charge on any atom is -0.390 e. The van der Waals surface area contributed by atoms with Crippen LogP contribution in [0.3, 0.4) is 0 Å². The molecule has 0 bridgehead atoms. The Kier molecular flexibility index (Phi) is 5.67. The molecule has 2 saturated carbocycles. The van der Waals surface area contributed by atoms with E-state index < -0.39 is 41.9 Å². The normalized spacial score (nSPS) is 32.1. The van der Waals surface area contributed by atoms with E-state index in [2.05, 4.69) is 10.6 Å². The molecule has 4 N–H and O–H groups in total. The van der Waals surface area contributed by atoms with E-state index in [0.717, 1.165) is 37.8 Å². The molecule has 1 aliphatic heterocycles. The van der Waals surface area contributed by atoms with Gasteiger partial charge in [0.05, 0.1) is 29.7 Å². The molecule has 164 valence electrons. The van der Waals surface area contributed by atoms with Crippen molar-refractivity contribution in [3.05, 3.63) is 29.8 Å². The fourth-order valence-electron chi connectivity index (χ4n) is 4.85. The molecule has 4 rings (SSSR count). The molecular weight excluding hydrogens is 419 g/mol. The van der Waals surface area contributed by atoms with Crippen LogP contribution in [0.5, 0.6) is 0 Å². The largest absolute Gasteiger partial charge is 0.416 e. The number of fused-ring (bicyclic) bond motifs is 1. The number of alkyl halides is 3. The molecule has 6 nitrogen and oxygen atoms in total. The van der Waals surface area contributed by atoms with E-state index in [9.17, 15) is 28.2 Å². The number of halogens is 3. The Morgan fingerprint density at radius 2 is 1.93 bits per heavy atom. The summed E-state index contributed by atoms with van der Waals surface area (Å²) in [5.74, 6) is -1.01. The number of benzene rings is 1. The first kappa shape index (κ1) is 21.3. The van der Waals surface area contributed by atoms with E-state index in [4.69, 9.17) is 12.2 Å². The van der Waals surface area contributed by atoms with Crippen molar-refractivity contribution in [2.75, 3.05) is 4.90 Å². The molecule has 1 aromatic rings. The molecular formula is C20H24F3N3O3S. The minimum atomic E-state index is -4.52. The SMILES string of the molecule is O=C(NC1CCCC1)[C@@H]1C[C@@H](O)[C@H](O)[C@@H]2NC(=S)N(c3cccc(C(F)(F)F)c3)[C@@H]21. The standard InChI is InChI=1S/C20H24F3N3O3S/c21-20(22,23)10-4-3-7-12(8-10)26-16-13(18(29)24-11-5-1-2-6-11)9-14(27)17(28)15(16)25-19(26)30/h3-4,7-8,11,13-17,27-28H,1-2,5-6,9H2,(H,24,29)(H,25,30)/t13-,14-,15-,16-,17+/m1/s1. The lowest BCUT2D eigenvalue weighted by Crippen LogP contribution is -2.61. The molecule has 0 unspecified atom stereocenters. The number of aliphatic hydroxyl groups excluding tert-OH is 2. The predicted octanol–water partition coefficient (Wildman–Crippen LogP) is 1.94. The zero-order valence-electron chi connectivity index (χ0n) is 16.1. The summed E-state index contributed by atoms with van der Waals surface area (Å²) in [6.07, 6.45) is -3.03. The number of carbonyl (C=O) groups is 1. The van der Waals surface area contributed by atoms with Crippen molar-refractivity contribution in [3.63, 3.8) is 0 Å². The summed E-state index contributed by atoms with van der Waals surface area (Å²) in [7, 11) is 0. The second kappa shape index (κ2) is 7.97. The van der Waals surface area contributed by atoms with Gasteiger partial charge in [-0.25, -0.2) is 0 Å². The van der Waals surface area contributed by atoms with Crippen LogP contribution in [0.15, 0.2) is 24.3 Å². The average Bonchev–Trinajstić information content (AvgIpc) is 3.31. The van der Waals surface area contributed by atoms with Crippen molar-refractivity contribution >= 4 is 28.9 Å². The fraction of sp³-hybridized carbons (Fsp3) is 0.600. The number of aliphatic hydroxyl groups is 2. The second-order valence-corrected chi connectivity index (χ2v) is 8.66. The number of rotatable bonds is 3. The van der Waals surface area contributed by atoms with Crippen LogP contribution in [-0.4, -0.2) is 51.6 Å². The third kappa shape index (κ3) is 3.88. The van der Waals surface area contributed by atoms with Crippen LogP contribution in [0, 0.1) is 5.92 Å². The third-order valence-corrected chi connectivity index (χ3v) is 6.65. The maximum absolute atomic E-state index is 13.2. The first-order chi connectivity index (χ1) is 14.2. The van der Waals surface area contributed by atoms with E-state index in [0.29, 0.717) is 0 Å². The highest BCUT2D eigenvalue weighted by molar-refractivity contribution is 7.80.